The van der Waals surface area contributed by atoms with Gasteiger partial charge in [-0.25, -0.2) is 4.99 Å². The van der Waals surface area contributed by atoms with Gasteiger partial charge in [0.2, 0.25) is 5.91 Å². The van der Waals surface area contributed by atoms with Crippen molar-refractivity contribution in [2.24, 2.45) is 16.8 Å². The Morgan fingerprint density at radius 2 is 1.90 bits per heavy atom. The zero-order valence-electron chi connectivity index (χ0n) is 13.6. The summed E-state index contributed by atoms with van der Waals surface area (Å²) < 4.78 is 0. The number of rotatable bonds is 3. The number of carbonyl (C=O) groups excluding carboxylic acids is 1. The molecule has 1 amide bonds. The Morgan fingerprint density at radius 1 is 1.24 bits per heavy atom. The first-order valence-electron chi connectivity index (χ1n) is 7.73. The molecule has 2 rings (SSSR count). The van der Waals surface area contributed by atoms with Crippen molar-refractivity contribution >= 4 is 35.8 Å². The van der Waals surface area contributed by atoms with Gasteiger partial charge in [-0.2, -0.15) is 0 Å². The van der Waals surface area contributed by atoms with Crippen LogP contribution in [-0.2, 0) is 4.79 Å². The average molecular weight is 408 g/mol. The minimum Gasteiger partial charge on any atom is -0.353 e. The molecule has 0 radical (unpaired) electrons. The van der Waals surface area contributed by atoms with Crippen LogP contribution in [0.5, 0.6) is 0 Å². The summed E-state index contributed by atoms with van der Waals surface area (Å²) in [6.07, 6.45) is 3.65. The molecule has 5 nitrogen and oxygen atoms in total. The van der Waals surface area contributed by atoms with Crippen LogP contribution in [0.1, 0.15) is 33.1 Å². The van der Waals surface area contributed by atoms with Crippen LogP contribution in [0.3, 0.4) is 0 Å². The second kappa shape index (κ2) is 8.19. The maximum atomic E-state index is 11.7. The molecule has 1 saturated carbocycles. The number of piperidine rings is 1. The fourth-order valence-electron chi connectivity index (χ4n) is 2.39. The molecule has 0 aromatic carbocycles. The Labute approximate surface area is 145 Å². The molecule has 0 aromatic heterocycles. The van der Waals surface area contributed by atoms with Crippen LogP contribution in [0.4, 0.5) is 0 Å². The molecular formula is C15H29IN4O. The zero-order chi connectivity index (χ0) is 14.7. The SMILES string of the molecule is CC1CCN(C(=NCC(=O)N(C)C)NC2CC2)CC1C.I. The molecule has 1 heterocycles. The van der Waals surface area contributed by atoms with Gasteiger partial charge in [0.1, 0.15) is 6.54 Å². The molecule has 0 spiro atoms. The van der Waals surface area contributed by atoms with E-state index in [0.29, 0.717) is 12.0 Å². The summed E-state index contributed by atoms with van der Waals surface area (Å²) in [6.45, 7) is 6.94. The van der Waals surface area contributed by atoms with Crippen molar-refractivity contribution in [3.05, 3.63) is 0 Å². The first kappa shape index (κ1) is 18.5. The summed E-state index contributed by atoms with van der Waals surface area (Å²) >= 11 is 0. The number of likely N-dealkylation sites (N-methyl/N-ethyl adjacent to an activating group) is 1. The molecule has 2 fully saturated rings. The van der Waals surface area contributed by atoms with Crippen molar-refractivity contribution < 1.29 is 4.79 Å². The molecule has 1 N–H and O–H groups in total. The highest BCUT2D eigenvalue weighted by molar-refractivity contribution is 14.0. The number of likely N-dealkylation sites (tertiary alicyclic amines) is 1. The topological polar surface area (TPSA) is 47.9 Å². The monoisotopic (exact) mass is 408 g/mol. The molecule has 6 heteroatoms. The van der Waals surface area contributed by atoms with Crippen molar-refractivity contribution in [1.29, 1.82) is 0 Å². The van der Waals surface area contributed by atoms with Crippen molar-refractivity contribution in [2.75, 3.05) is 33.7 Å². The third-order valence-corrected chi connectivity index (χ3v) is 4.41. The fourth-order valence-corrected chi connectivity index (χ4v) is 2.39. The summed E-state index contributed by atoms with van der Waals surface area (Å²) in [5.74, 6) is 2.44. The van der Waals surface area contributed by atoms with E-state index in [9.17, 15) is 4.79 Å². The Bertz CT molecular complexity index is 382. The summed E-state index contributed by atoms with van der Waals surface area (Å²) in [5.41, 5.74) is 0. The van der Waals surface area contributed by atoms with Gasteiger partial charge < -0.3 is 15.1 Å². The molecule has 2 aliphatic rings. The largest absolute Gasteiger partial charge is 0.353 e. The van der Waals surface area contributed by atoms with Gasteiger partial charge in [-0.15, -0.1) is 24.0 Å². The molecule has 0 aromatic rings. The van der Waals surface area contributed by atoms with Crippen LogP contribution in [0.2, 0.25) is 0 Å². The molecule has 0 bridgehead atoms. The summed E-state index contributed by atoms with van der Waals surface area (Å²) in [7, 11) is 3.55. The van der Waals surface area contributed by atoms with Crippen molar-refractivity contribution in [1.82, 2.24) is 15.1 Å². The van der Waals surface area contributed by atoms with Crippen LogP contribution < -0.4 is 5.32 Å². The number of carbonyl (C=O) groups is 1. The van der Waals surface area contributed by atoms with E-state index in [4.69, 9.17) is 0 Å². The van der Waals surface area contributed by atoms with E-state index in [1.165, 1.54) is 19.3 Å². The van der Waals surface area contributed by atoms with Crippen molar-refractivity contribution in [3.8, 4) is 0 Å². The quantitative estimate of drug-likeness (QED) is 0.440. The smallest absolute Gasteiger partial charge is 0.243 e. The maximum absolute atomic E-state index is 11.7. The lowest BCUT2D eigenvalue weighted by molar-refractivity contribution is -0.127. The first-order valence-corrected chi connectivity index (χ1v) is 7.73. The van der Waals surface area contributed by atoms with Crippen LogP contribution in [0, 0.1) is 11.8 Å². The normalized spacial score (nSPS) is 26.1. The summed E-state index contributed by atoms with van der Waals surface area (Å²) in [6, 6.07) is 0.567. The van der Waals surface area contributed by atoms with E-state index in [2.05, 4.69) is 29.1 Å². The maximum Gasteiger partial charge on any atom is 0.243 e. The number of nitrogens with zero attached hydrogens (tertiary/aromatic N) is 3. The van der Waals surface area contributed by atoms with Crippen LogP contribution >= 0.6 is 24.0 Å². The van der Waals surface area contributed by atoms with Crippen molar-refractivity contribution in [2.45, 2.75) is 39.2 Å². The molecule has 21 heavy (non-hydrogen) atoms. The second-order valence-corrected chi connectivity index (χ2v) is 6.54. The van der Waals surface area contributed by atoms with Crippen LogP contribution in [-0.4, -0.2) is 61.4 Å². The summed E-state index contributed by atoms with van der Waals surface area (Å²) in [5, 5.41) is 3.50. The molecule has 1 saturated heterocycles. The minimum atomic E-state index is 0. The van der Waals surface area contributed by atoms with Gasteiger partial charge in [0.05, 0.1) is 0 Å². The number of nitrogens with one attached hydrogen (secondary N) is 1. The van der Waals surface area contributed by atoms with Gasteiger partial charge in [-0.3, -0.25) is 4.79 Å². The molecular weight excluding hydrogens is 379 g/mol. The molecule has 1 aliphatic heterocycles. The van der Waals surface area contributed by atoms with Crippen LogP contribution in [0.25, 0.3) is 0 Å². The zero-order valence-corrected chi connectivity index (χ0v) is 16.0. The molecule has 1 aliphatic carbocycles. The minimum absolute atomic E-state index is 0. The van der Waals surface area contributed by atoms with E-state index in [1.807, 2.05) is 0 Å². The lowest BCUT2D eigenvalue weighted by Crippen LogP contribution is -2.49. The highest BCUT2D eigenvalue weighted by atomic mass is 127. The Morgan fingerprint density at radius 3 is 2.43 bits per heavy atom. The number of aliphatic imine (C=N–C) groups is 1. The standard InChI is InChI=1S/C15H28N4O.HI/c1-11-7-8-19(10-12(11)2)15(17-13-5-6-13)16-9-14(20)18(3)4;/h11-13H,5-10H2,1-4H3,(H,16,17);1H. The molecule has 122 valence electrons. The first-order chi connectivity index (χ1) is 9.47. The van der Waals surface area contributed by atoms with Gasteiger partial charge in [0.25, 0.3) is 0 Å². The van der Waals surface area contributed by atoms with Gasteiger partial charge in [-0.05, 0) is 31.1 Å². The van der Waals surface area contributed by atoms with E-state index in [0.717, 1.165) is 25.0 Å². The Hall–Kier alpha value is -0.530. The summed E-state index contributed by atoms with van der Waals surface area (Å²) in [4.78, 5) is 20.2. The van der Waals surface area contributed by atoms with Crippen LogP contribution in [0.15, 0.2) is 4.99 Å². The predicted molar refractivity (Wildman–Crippen MR) is 97.1 cm³/mol. The number of hydrogen-bond donors (Lipinski definition) is 1. The van der Waals surface area contributed by atoms with Crippen molar-refractivity contribution in [3.63, 3.8) is 0 Å². The number of halogens is 1. The predicted octanol–water partition coefficient (Wildman–Crippen LogP) is 1.78. The van der Waals surface area contributed by atoms with E-state index < -0.39 is 0 Å². The number of guanidine groups is 1. The van der Waals surface area contributed by atoms with Gasteiger partial charge in [-0.1, -0.05) is 13.8 Å². The lowest BCUT2D eigenvalue weighted by atomic mass is 9.89. The van der Waals surface area contributed by atoms with Gasteiger partial charge >= 0.3 is 0 Å². The average Bonchev–Trinajstić information content (AvgIpc) is 3.21. The Kier molecular flexibility index (Phi) is 7.23. The number of hydrogen-bond acceptors (Lipinski definition) is 2. The van der Waals surface area contributed by atoms with E-state index in [1.54, 1.807) is 19.0 Å². The third kappa shape index (κ3) is 5.64. The molecule has 2 unspecified atom stereocenters. The number of amides is 1. The van der Waals surface area contributed by atoms with Gasteiger partial charge in [0.15, 0.2) is 5.96 Å². The Balaban J connectivity index is 0.00000220. The highest BCUT2D eigenvalue weighted by Crippen LogP contribution is 2.24. The van der Waals surface area contributed by atoms with Gasteiger partial charge in [0, 0.05) is 33.2 Å². The second-order valence-electron chi connectivity index (χ2n) is 6.54. The highest BCUT2D eigenvalue weighted by Gasteiger charge is 2.29. The third-order valence-electron chi connectivity index (χ3n) is 4.41. The van der Waals surface area contributed by atoms with E-state index >= 15 is 0 Å². The lowest BCUT2D eigenvalue weighted by Gasteiger charge is -2.37. The fraction of sp³-hybridized carbons (Fsp3) is 0.867. The molecule has 2 atom stereocenters. The van der Waals surface area contributed by atoms with E-state index in [-0.39, 0.29) is 36.4 Å².